The van der Waals surface area contributed by atoms with Crippen LogP contribution in [0.3, 0.4) is 0 Å². The summed E-state index contributed by atoms with van der Waals surface area (Å²) >= 11 is 0. The minimum atomic E-state index is -0.00653. The number of nitrogens with zero attached hydrogens (tertiary/aromatic N) is 3. The molecular formula is C21H30N4O. The largest absolute Gasteiger partial charge is 0.332 e. The van der Waals surface area contributed by atoms with Crippen molar-refractivity contribution in [2.75, 3.05) is 18.4 Å². The molecule has 0 unspecified atom stereocenters. The number of aromatic nitrogens is 2. The summed E-state index contributed by atoms with van der Waals surface area (Å²) < 4.78 is 2.25. The molecule has 26 heavy (non-hydrogen) atoms. The Morgan fingerprint density at radius 3 is 2.35 bits per heavy atom. The molecular weight excluding hydrogens is 324 g/mol. The summed E-state index contributed by atoms with van der Waals surface area (Å²) in [5.74, 6) is 2.09. The maximum atomic E-state index is 12.5. The number of hydrogen-bond donors (Lipinski definition) is 1. The third kappa shape index (κ3) is 4.09. The Balaban J connectivity index is 1.56. The number of piperidine rings is 1. The van der Waals surface area contributed by atoms with Crippen LogP contribution in [0.2, 0.25) is 0 Å². The molecule has 0 spiro atoms. The van der Waals surface area contributed by atoms with Crippen molar-refractivity contribution in [3.63, 3.8) is 0 Å². The summed E-state index contributed by atoms with van der Waals surface area (Å²) in [5, 5.41) is 3.02. The molecule has 0 radical (unpaired) electrons. The Hall–Kier alpha value is -2.30. The molecule has 0 atom stereocenters. The van der Waals surface area contributed by atoms with Crippen LogP contribution in [-0.2, 0) is 0 Å². The van der Waals surface area contributed by atoms with Crippen LogP contribution >= 0.6 is 0 Å². The van der Waals surface area contributed by atoms with E-state index in [1.54, 1.807) is 0 Å². The summed E-state index contributed by atoms with van der Waals surface area (Å²) in [6.07, 6.45) is 5.86. The van der Waals surface area contributed by atoms with E-state index in [2.05, 4.69) is 60.9 Å². The fraction of sp³-hybridized carbons (Fsp3) is 0.524. The number of likely N-dealkylation sites (tertiary alicyclic amines) is 1. The predicted molar refractivity (Wildman–Crippen MR) is 106 cm³/mol. The third-order valence-corrected chi connectivity index (χ3v) is 5.23. The summed E-state index contributed by atoms with van der Waals surface area (Å²) in [6, 6.07) is 8.55. The number of urea groups is 1. The van der Waals surface area contributed by atoms with E-state index in [4.69, 9.17) is 0 Å². The van der Waals surface area contributed by atoms with Crippen molar-refractivity contribution in [1.29, 1.82) is 0 Å². The number of benzene rings is 1. The number of carbonyl (C=O) groups excluding carboxylic acids is 1. The fourth-order valence-corrected chi connectivity index (χ4v) is 3.57. The van der Waals surface area contributed by atoms with E-state index in [0.29, 0.717) is 17.9 Å². The average molecular weight is 354 g/mol. The zero-order valence-electron chi connectivity index (χ0n) is 16.3. The number of amides is 2. The van der Waals surface area contributed by atoms with Crippen LogP contribution in [0.1, 0.15) is 69.8 Å². The van der Waals surface area contributed by atoms with Crippen LogP contribution in [0, 0.1) is 0 Å². The summed E-state index contributed by atoms with van der Waals surface area (Å²) in [5.41, 5.74) is 2.14. The van der Waals surface area contributed by atoms with Crippen LogP contribution in [0.25, 0.3) is 0 Å². The van der Waals surface area contributed by atoms with Crippen molar-refractivity contribution in [1.82, 2.24) is 14.5 Å². The smallest absolute Gasteiger partial charge is 0.321 e. The van der Waals surface area contributed by atoms with Gasteiger partial charge < -0.3 is 14.8 Å². The quantitative estimate of drug-likeness (QED) is 0.840. The minimum absolute atomic E-state index is 0.00653. The van der Waals surface area contributed by atoms with Gasteiger partial charge in [-0.15, -0.1) is 0 Å². The molecule has 2 aromatic rings. The Labute approximate surface area is 156 Å². The Kier molecular flexibility index (Phi) is 5.64. The normalized spacial score (nSPS) is 15.7. The van der Waals surface area contributed by atoms with Gasteiger partial charge in [-0.3, -0.25) is 0 Å². The molecule has 2 amide bonds. The first-order valence-electron chi connectivity index (χ1n) is 9.64. The molecule has 1 fully saturated rings. The van der Waals surface area contributed by atoms with Crippen LogP contribution in [0.5, 0.6) is 0 Å². The Bertz CT molecular complexity index is 725. The standard InChI is InChI=1S/C21H30N4O/c1-15(2)17-5-7-19(8-6-17)23-21(26)24-12-9-18(10-13-24)20-22-11-14-25(20)16(3)4/h5-8,11,14-16,18H,9-10,12-13H2,1-4H3,(H,23,26). The van der Waals surface area contributed by atoms with Gasteiger partial charge in [-0.1, -0.05) is 26.0 Å². The molecule has 1 aliphatic rings. The lowest BCUT2D eigenvalue weighted by Gasteiger charge is -2.32. The molecule has 2 heterocycles. The highest BCUT2D eigenvalue weighted by atomic mass is 16.2. The lowest BCUT2D eigenvalue weighted by atomic mass is 9.96. The van der Waals surface area contributed by atoms with Crippen LogP contribution < -0.4 is 5.32 Å². The van der Waals surface area contributed by atoms with Gasteiger partial charge in [0.2, 0.25) is 0 Å². The lowest BCUT2D eigenvalue weighted by molar-refractivity contribution is 0.192. The minimum Gasteiger partial charge on any atom is -0.332 e. The van der Waals surface area contributed by atoms with Gasteiger partial charge in [0.25, 0.3) is 0 Å². The molecule has 1 aliphatic heterocycles. The maximum Gasteiger partial charge on any atom is 0.321 e. The van der Waals surface area contributed by atoms with E-state index >= 15 is 0 Å². The molecule has 0 bridgehead atoms. The van der Waals surface area contributed by atoms with Gasteiger partial charge in [-0.25, -0.2) is 9.78 Å². The Morgan fingerprint density at radius 2 is 1.77 bits per heavy atom. The molecule has 0 aliphatic carbocycles. The first kappa shape index (κ1) is 18.5. The van der Waals surface area contributed by atoms with Gasteiger partial charge in [0.1, 0.15) is 5.82 Å². The molecule has 1 aromatic carbocycles. The number of rotatable bonds is 4. The summed E-state index contributed by atoms with van der Waals surface area (Å²) in [6.45, 7) is 10.2. The summed E-state index contributed by atoms with van der Waals surface area (Å²) in [7, 11) is 0. The molecule has 0 saturated carbocycles. The van der Waals surface area contributed by atoms with Crippen molar-refractivity contribution in [2.45, 2.75) is 58.4 Å². The highest BCUT2D eigenvalue weighted by molar-refractivity contribution is 5.89. The molecule has 5 nitrogen and oxygen atoms in total. The van der Waals surface area contributed by atoms with E-state index < -0.39 is 0 Å². The van der Waals surface area contributed by atoms with Crippen molar-refractivity contribution in [3.8, 4) is 0 Å². The van der Waals surface area contributed by atoms with E-state index in [1.165, 1.54) is 5.56 Å². The van der Waals surface area contributed by atoms with Gasteiger partial charge in [0.05, 0.1) is 0 Å². The SMILES string of the molecule is CC(C)c1ccc(NC(=O)N2CCC(c3nccn3C(C)C)CC2)cc1. The fourth-order valence-electron chi connectivity index (χ4n) is 3.57. The number of hydrogen-bond acceptors (Lipinski definition) is 2. The van der Waals surface area contributed by atoms with Gasteiger partial charge in [-0.05, 0) is 50.3 Å². The zero-order chi connectivity index (χ0) is 18.7. The van der Waals surface area contributed by atoms with Crippen molar-refractivity contribution < 1.29 is 4.79 Å². The molecule has 5 heteroatoms. The highest BCUT2D eigenvalue weighted by Gasteiger charge is 2.26. The number of carbonyl (C=O) groups is 1. The van der Waals surface area contributed by atoms with Crippen LogP contribution in [0.4, 0.5) is 10.5 Å². The van der Waals surface area contributed by atoms with E-state index in [-0.39, 0.29) is 6.03 Å². The molecule has 1 saturated heterocycles. The lowest BCUT2D eigenvalue weighted by Crippen LogP contribution is -2.41. The van der Waals surface area contributed by atoms with Crippen LogP contribution in [0.15, 0.2) is 36.7 Å². The number of imidazole rings is 1. The van der Waals surface area contributed by atoms with Gasteiger partial charge in [-0.2, -0.15) is 0 Å². The topological polar surface area (TPSA) is 50.2 Å². The second-order valence-electron chi connectivity index (χ2n) is 7.75. The molecule has 3 rings (SSSR count). The van der Waals surface area contributed by atoms with Gasteiger partial charge in [0, 0.05) is 43.1 Å². The summed E-state index contributed by atoms with van der Waals surface area (Å²) in [4.78, 5) is 19.0. The maximum absolute atomic E-state index is 12.5. The van der Waals surface area contributed by atoms with Crippen molar-refractivity contribution in [3.05, 3.63) is 48.0 Å². The van der Waals surface area contributed by atoms with Crippen LogP contribution in [-0.4, -0.2) is 33.6 Å². The Morgan fingerprint density at radius 1 is 1.12 bits per heavy atom. The van der Waals surface area contributed by atoms with Crippen molar-refractivity contribution >= 4 is 11.7 Å². The monoisotopic (exact) mass is 354 g/mol. The zero-order valence-corrected chi connectivity index (χ0v) is 16.3. The average Bonchev–Trinajstić information content (AvgIpc) is 3.12. The van der Waals surface area contributed by atoms with E-state index in [0.717, 1.165) is 37.4 Å². The first-order chi connectivity index (χ1) is 12.5. The second kappa shape index (κ2) is 7.94. The molecule has 1 N–H and O–H groups in total. The number of anilines is 1. The second-order valence-corrected chi connectivity index (χ2v) is 7.75. The number of nitrogens with one attached hydrogen (secondary N) is 1. The van der Waals surface area contributed by atoms with Gasteiger partial charge in [0.15, 0.2) is 0 Å². The highest BCUT2D eigenvalue weighted by Crippen LogP contribution is 2.28. The first-order valence-corrected chi connectivity index (χ1v) is 9.64. The van der Waals surface area contributed by atoms with Crippen molar-refractivity contribution in [2.24, 2.45) is 0 Å². The van der Waals surface area contributed by atoms with E-state index in [9.17, 15) is 4.79 Å². The van der Waals surface area contributed by atoms with Gasteiger partial charge >= 0.3 is 6.03 Å². The third-order valence-electron chi connectivity index (χ3n) is 5.23. The van der Waals surface area contributed by atoms with E-state index in [1.807, 2.05) is 23.2 Å². The molecule has 1 aromatic heterocycles. The predicted octanol–water partition coefficient (Wildman–Crippen LogP) is 5.00. The molecule has 140 valence electrons.